The van der Waals surface area contributed by atoms with Gasteiger partial charge in [0.2, 0.25) is 0 Å². The fourth-order valence-corrected chi connectivity index (χ4v) is 4.60. The maximum atomic E-state index is 13.5. The van der Waals surface area contributed by atoms with Crippen molar-refractivity contribution in [1.29, 1.82) is 0 Å². The smallest absolute Gasteiger partial charge is 0.268 e. The zero-order chi connectivity index (χ0) is 20.4. The van der Waals surface area contributed by atoms with E-state index in [4.69, 9.17) is 9.47 Å². The third-order valence-corrected chi connectivity index (χ3v) is 6.09. The molecule has 0 bridgehead atoms. The van der Waals surface area contributed by atoms with Crippen molar-refractivity contribution < 1.29 is 14.3 Å². The summed E-state index contributed by atoms with van der Waals surface area (Å²) < 4.78 is 15.0. The topological polar surface area (TPSA) is 64.6 Å². The monoisotopic (exact) mass is 409 g/mol. The van der Waals surface area contributed by atoms with E-state index in [0.29, 0.717) is 29.3 Å². The Hall–Kier alpha value is -2.93. The Kier molecular flexibility index (Phi) is 5.49. The van der Waals surface area contributed by atoms with E-state index in [9.17, 15) is 4.79 Å². The van der Waals surface area contributed by atoms with E-state index in [1.54, 1.807) is 14.2 Å². The largest absolute Gasteiger partial charge is 0.493 e. The molecule has 0 radical (unpaired) electrons. The Morgan fingerprint density at radius 1 is 1.17 bits per heavy atom. The number of carbonyl (C=O) groups is 1. The molecule has 0 spiro atoms. The van der Waals surface area contributed by atoms with E-state index in [1.807, 2.05) is 42.2 Å². The second kappa shape index (κ2) is 8.21. The van der Waals surface area contributed by atoms with Crippen molar-refractivity contribution in [3.63, 3.8) is 0 Å². The van der Waals surface area contributed by atoms with Crippen molar-refractivity contribution in [3.05, 3.63) is 69.7 Å². The van der Waals surface area contributed by atoms with E-state index >= 15 is 0 Å². The molecule has 1 aromatic heterocycles. The summed E-state index contributed by atoms with van der Waals surface area (Å²) in [6, 6.07) is 13.9. The molecular weight excluding hydrogens is 386 g/mol. The summed E-state index contributed by atoms with van der Waals surface area (Å²) in [5.41, 5.74) is 4.04. The van der Waals surface area contributed by atoms with Gasteiger partial charge in [-0.3, -0.25) is 4.79 Å². The van der Waals surface area contributed by atoms with E-state index in [1.165, 1.54) is 17.1 Å². The van der Waals surface area contributed by atoms with Gasteiger partial charge in [-0.25, -0.2) is 0 Å². The molecule has 6 nitrogen and oxygen atoms in total. The summed E-state index contributed by atoms with van der Waals surface area (Å²) in [6.45, 7) is 2.60. The minimum absolute atomic E-state index is 0.0221. The van der Waals surface area contributed by atoms with Gasteiger partial charge in [0.25, 0.3) is 5.91 Å². The van der Waals surface area contributed by atoms with E-state index in [-0.39, 0.29) is 11.9 Å². The predicted octanol–water partition coefficient (Wildman–Crippen LogP) is 3.91. The number of hydrogen-bond acceptors (Lipinski definition) is 6. The molecule has 1 unspecified atom stereocenters. The number of ether oxygens (including phenoxy) is 2. The zero-order valence-corrected chi connectivity index (χ0v) is 17.5. The number of methoxy groups -OCH3 is 2. The van der Waals surface area contributed by atoms with Crippen LogP contribution in [0.25, 0.3) is 0 Å². The lowest BCUT2D eigenvalue weighted by atomic mass is 9.87. The van der Waals surface area contributed by atoms with E-state index < -0.39 is 0 Å². The third kappa shape index (κ3) is 3.46. The zero-order valence-electron chi connectivity index (χ0n) is 16.7. The molecule has 0 fully saturated rings. The molecule has 1 aliphatic heterocycles. The maximum Gasteiger partial charge on any atom is 0.268 e. The van der Waals surface area contributed by atoms with Crippen molar-refractivity contribution in [2.24, 2.45) is 0 Å². The fraction of sp³-hybridized carbons (Fsp3) is 0.318. The molecule has 0 aliphatic carbocycles. The second-order valence-electron chi connectivity index (χ2n) is 6.87. The highest BCUT2D eigenvalue weighted by molar-refractivity contribution is 7.08. The highest BCUT2D eigenvalue weighted by Gasteiger charge is 2.35. The molecule has 1 amide bonds. The highest BCUT2D eigenvalue weighted by Crippen LogP contribution is 2.41. The Morgan fingerprint density at radius 2 is 1.90 bits per heavy atom. The average Bonchev–Trinajstić information content (AvgIpc) is 3.26. The molecule has 2 aromatic carbocycles. The third-order valence-electron chi connectivity index (χ3n) is 5.33. The Morgan fingerprint density at radius 3 is 2.59 bits per heavy atom. The predicted molar refractivity (Wildman–Crippen MR) is 112 cm³/mol. The molecule has 4 rings (SSSR count). The van der Waals surface area contributed by atoms with Gasteiger partial charge in [0, 0.05) is 6.54 Å². The molecule has 150 valence electrons. The molecule has 1 atom stereocenters. The lowest BCUT2D eigenvalue weighted by Crippen LogP contribution is -2.40. The number of benzene rings is 2. The number of nitrogens with zero attached hydrogens (tertiary/aromatic N) is 3. The Bertz CT molecular complexity index is 1020. The van der Waals surface area contributed by atoms with Crippen molar-refractivity contribution in [2.75, 3.05) is 20.8 Å². The van der Waals surface area contributed by atoms with Gasteiger partial charge in [-0.1, -0.05) is 41.7 Å². The molecule has 1 aliphatic rings. The van der Waals surface area contributed by atoms with Gasteiger partial charge >= 0.3 is 0 Å². The first-order valence-corrected chi connectivity index (χ1v) is 10.4. The quantitative estimate of drug-likeness (QED) is 0.639. The van der Waals surface area contributed by atoms with Crippen LogP contribution in [-0.4, -0.2) is 41.2 Å². The summed E-state index contributed by atoms with van der Waals surface area (Å²) in [5, 5.41) is 4.13. The van der Waals surface area contributed by atoms with Gasteiger partial charge in [0.15, 0.2) is 11.5 Å². The van der Waals surface area contributed by atoms with Crippen LogP contribution in [0.1, 0.15) is 45.0 Å². The lowest BCUT2D eigenvalue weighted by molar-refractivity contribution is 0.0698. The van der Waals surface area contributed by atoms with Crippen LogP contribution in [-0.2, 0) is 12.8 Å². The minimum atomic E-state index is -0.209. The number of aryl methyl sites for hydroxylation is 1. The van der Waals surface area contributed by atoms with Crippen molar-refractivity contribution >= 4 is 17.4 Å². The highest BCUT2D eigenvalue weighted by atomic mass is 32.1. The summed E-state index contributed by atoms with van der Waals surface area (Å²) in [7, 11) is 3.27. The minimum Gasteiger partial charge on any atom is -0.493 e. The summed E-state index contributed by atoms with van der Waals surface area (Å²) in [6.07, 6.45) is 1.43. The van der Waals surface area contributed by atoms with Crippen LogP contribution >= 0.6 is 11.5 Å². The SMILES string of the molecule is CCc1nnsc1C(=O)N1CCc2cc(OC)c(OC)cc2C1c1ccccc1. The molecule has 29 heavy (non-hydrogen) atoms. The molecule has 2 heterocycles. The number of fused-ring (bicyclic) bond motifs is 1. The van der Waals surface area contributed by atoms with E-state index in [0.717, 1.165) is 23.2 Å². The number of aromatic nitrogens is 2. The summed E-state index contributed by atoms with van der Waals surface area (Å²) in [5.74, 6) is 1.35. The molecule has 3 aromatic rings. The van der Waals surface area contributed by atoms with Gasteiger partial charge < -0.3 is 14.4 Å². The molecular formula is C22H23N3O3S. The number of amides is 1. The Labute approximate surface area is 174 Å². The number of hydrogen-bond donors (Lipinski definition) is 0. The van der Waals surface area contributed by atoms with Crippen LogP contribution in [0.3, 0.4) is 0 Å². The Balaban J connectivity index is 1.84. The van der Waals surface area contributed by atoms with Crippen molar-refractivity contribution in [2.45, 2.75) is 25.8 Å². The van der Waals surface area contributed by atoms with Crippen LogP contribution in [0.5, 0.6) is 11.5 Å². The molecule has 0 saturated heterocycles. The van der Waals surface area contributed by atoms with Gasteiger partial charge in [-0.05, 0) is 53.2 Å². The van der Waals surface area contributed by atoms with Crippen LogP contribution in [0.2, 0.25) is 0 Å². The molecule has 0 N–H and O–H groups in total. The first kappa shape index (κ1) is 19.4. The van der Waals surface area contributed by atoms with Crippen LogP contribution in [0.15, 0.2) is 42.5 Å². The number of carbonyl (C=O) groups excluding carboxylic acids is 1. The standard InChI is InChI=1S/C22H23N3O3S/c1-4-17-21(29-24-23-17)22(26)25-11-10-15-12-18(27-2)19(28-3)13-16(15)20(25)14-8-6-5-7-9-14/h5-9,12-13,20H,4,10-11H2,1-3H3. The van der Waals surface area contributed by atoms with Gasteiger partial charge in [0.1, 0.15) is 4.88 Å². The average molecular weight is 410 g/mol. The van der Waals surface area contributed by atoms with Crippen molar-refractivity contribution in [1.82, 2.24) is 14.5 Å². The first-order chi connectivity index (χ1) is 14.2. The molecule has 0 saturated carbocycles. The van der Waals surface area contributed by atoms with Crippen LogP contribution < -0.4 is 9.47 Å². The summed E-state index contributed by atoms with van der Waals surface area (Å²) in [4.78, 5) is 16.1. The first-order valence-electron chi connectivity index (χ1n) is 9.59. The lowest BCUT2D eigenvalue weighted by Gasteiger charge is -2.38. The fourth-order valence-electron chi connectivity index (χ4n) is 3.89. The molecule has 7 heteroatoms. The normalized spacial score (nSPS) is 15.7. The van der Waals surface area contributed by atoms with Gasteiger partial charge in [0.05, 0.1) is 26.0 Å². The van der Waals surface area contributed by atoms with Gasteiger partial charge in [-0.15, -0.1) is 5.10 Å². The number of rotatable bonds is 5. The second-order valence-corrected chi connectivity index (χ2v) is 7.62. The van der Waals surface area contributed by atoms with Crippen LogP contribution in [0, 0.1) is 0 Å². The maximum absolute atomic E-state index is 13.5. The summed E-state index contributed by atoms with van der Waals surface area (Å²) >= 11 is 1.17. The van der Waals surface area contributed by atoms with E-state index in [2.05, 4.69) is 21.7 Å². The van der Waals surface area contributed by atoms with Gasteiger partial charge in [-0.2, -0.15) is 0 Å². The van der Waals surface area contributed by atoms with Crippen molar-refractivity contribution in [3.8, 4) is 11.5 Å². The van der Waals surface area contributed by atoms with Crippen LogP contribution in [0.4, 0.5) is 0 Å².